The molecule has 1 atom stereocenters. The summed E-state index contributed by atoms with van der Waals surface area (Å²) in [7, 11) is 0. The second kappa shape index (κ2) is 9.03. The minimum atomic E-state index is -1.14. The Bertz CT molecular complexity index is 1370. The number of hydrogen-bond acceptors (Lipinski definition) is 2. The third kappa shape index (κ3) is 4.73. The third-order valence-corrected chi connectivity index (χ3v) is 5.73. The van der Waals surface area contributed by atoms with Crippen molar-refractivity contribution in [2.75, 3.05) is 0 Å². The molecule has 5 nitrogen and oxygen atoms in total. The Kier molecular flexibility index (Phi) is 6.16. The summed E-state index contributed by atoms with van der Waals surface area (Å²) in [4.78, 5) is 24.6. The monoisotopic (exact) mass is 468 g/mol. The molecule has 0 fully saturated rings. The maximum absolute atomic E-state index is 13.8. The number of aromatic nitrogens is 1. The number of hydrogen-bond donors (Lipinski definition) is 2. The van der Waals surface area contributed by atoms with Crippen LogP contribution in [0, 0.1) is 11.6 Å². The molecule has 8 heteroatoms. The van der Waals surface area contributed by atoms with E-state index in [0.717, 1.165) is 5.56 Å². The van der Waals surface area contributed by atoms with Crippen LogP contribution in [0.2, 0.25) is 5.02 Å². The van der Waals surface area contributed by atoms with E-state index in [1.807, 2.05) is 0 Å². The summed E-state index contributed by atoms with van der Waals surface area (Å²) in [5.74, 6) is -2.44. The summed E-state index contributed by atoms with van der Waals surface area (Å²) in [5, 5.41) is 13.1. The number of carbonyl (C=O) groups is 2. The van der Waals surface area contributed by atoms with Crippen molar-refractivity contribution in [3.8, 4) is 0 Å². The van der Waals surface area contributed by atoms with Gasteiger partial charge in [-0.1, -0.05) is 29.8 Å². The summed E-state index contributed by atoms with van der Waals surface area (Å²) >= 11 is 5.74. The molecule has 0 radical (unpaired) electrons. The molecule has 168 valence electrons. The summed E-state index contributed by atoms with van der Waals surface area (Å²) in [5.41, 5.74) is 2.25. The molecule has 0 unspecified atom stereocenters. The van der Waals surface area contributed by atoms with Crippen LogP contribution in [0.4, 0.5) is 8.78 Å². The van der Waals surface area contributed by atoms with E-state index in [4.69, 9.17) is 11.6 Å². The minimum Gasteiger partial charge on any atom is -0.477 e. The highest BCUT2D eigenvalue weighted by Gasteiger charge is 2.18. The lowest BCUT2D eigenvalue weighted by atomic mass is 10.1. The number of fused-ring (bicyclic) bond motifs is 1. The highest BCUT2D eigenvalue weighted by molar-refractivity contribution is 6.30. The van der Waals surface area contributed by atoms with Crippen molar-refractivity contribution in [3.63, 3.8) is 0 Å². The Morgan fingerprint density at radius 2 is 1.76 bits per heavy atom. The summed E-state index contributed by atoms with van der Waals surface area (Å²) in [6.45, 7) is 1.90. The smallest absolute Gasteiger partial charge is 0.352 e. The van der Waals surface area contributed by atoms with Crippen LogP contribution in [0.3, 0.4) is 0 Å². The second-order valence-electron chi connectivity index (χ2n) is 7.69. The predicted octanol–water partition coefficient (Wildman–Crippen LogP) is 5.81. The zero-order chi connectivity index (χ0) is 23.7. The molecule has 0 bridgehead atoms. The van der Waals surface area contributed by atoms with Crippen molar-refractivity contribution in [2.45, 2.75) is 19.5 Å². The first-order valence-corrected chi connectivity index (χ1v) is 10.5. The van der Waals surface area contributed by atoms with Crippen LogP contribution in [-0.4, -0.2) is 21.6 Å². The van der Waals surface area contributed by atoms with Crippen molar-refractivity contribution in [1.29, 1.82) is 0 Å². The van der Waals surface area contributed by atoms with E-state index in [9.17, 15) is 23.5 Å². The Morgan fingerprint density at radius 3 is 2.42 bits per heavy atom. The number of aromatic carboxylic acids is 1. The van der Waals surface area contributed by atoms with Gasteiger partial charge in [0.1, 0.15) is 17.3 Å². The number of halogens is 3. The number of rotatable bonds is 6. The third-order valence-electron chi connectivity index (χ3n) is 5.42. The number of nitrogens with one attached hydrogen (secondary N) is 1. The molecular formula is C25H19ClF2N2O3. The largest absolute Gasteiger partial charge is 0.477 e. The summed E-state index contributed by atoms with van der Waals surface area (Å²) in [6.07, 6.45) is 0. The fraction of sp³-hybridized carbons (Fsp3) is 0.120. The number of carboxylic acids is 1. The minimum absolute atomic E-state index is 0.0117. The molecule has 1 aromatic heterocycles. The van der Waals surface area contributed by atoms with E-state index < -0.39 is 11.8 Å². The molecule has 33 heavy (non-hydrogen) atoms. The molecule has 4 aromatic rings. The zero-order valence-electron chi connectivity index (χ0n) is 17.5. The second-order valence-corrected chi connectivity index (χ2v) is 8.10. The Morgan fingerprint density at radius 1 is 1.03 bits per heavy atom. The highest BCUT2D eigenvalue weighted by atomic mass is 35.5. The van der Waals surface area contributed by atoms with E-state index in [1.165, 1.54) is 30.3 Å². The van der Waals surface area contributed by atoms with Crippen molar-refractivity contribution in [1.82, 2.24) is 9.88 Å². The van der Waals surface area contributed by atoms with E-state index in [2.05, 4.69) is 5.32 Å². The Balaban J connectivity index is 1.63. The number of carboxylic acid groups (broad SMARTS) is 1. The molecular weight excluding hydrogens is 450 g/mol. The average molecular weight is 469 g/mol. The molecule has 1 amide bonds. The van der Waals surface area contributed by atoms with Crippen molar-refractivity contribution >= 4 is 34.4 Å². The Labute approximate surface area is 193 Å². The van der Waals surface area contributed by atoms with Gasteiger partial charge in [-0.05, 0) is 66.6 Å². The van der Waals surface area contributed by atoms with Gasteiger partial charge in [-0.25, -0.2) is 13.6 Å². The van der Waals surface area contributed by atoms with E-state index in [1.54, 1.807) is 47.9 Å². The molecule has 0 saturated heterocycles. The standard InChI is InChI=1S/C25H19ClF2N2O3/c1-14(16-3-6-19(27)7-4-16)29-24(31)17-5-9-22-18(11-17)12-23(25(32)33)30(22)13-15-2-8-20(26)21(28)10-15/h2-12,14H,13H2,1H3,(H,29,31)(H,32,33)/t14-/m1/s1. The van der Waals surface area contributed by atoms with Gasteiger partial charge in [-0.3, -0.25) is 4.79 Å². The van der Waals surface area contributed by atoms with Crippen LogP contribution < -0.4 is 5.32 Å². The van der Waals surface area contributed by atoms with Gasteiger partial charge < -0.3 is 15.0 Å². The lowest BCUT2D eigenvalue weighted by Gasteiger charge is -2.14. The van der Waals surface area contributed by atoms with Crippen molar-refractivity contribution in [3.05, 3.63) is 106 Å². The quantitative estimate of drug-likeness (QED) is 0.375. The van der Waals surface area contributed by atoms with E-state index in [0.29, 0.717) is 22.0 Å². The van der Waals surface area contributed by atoms with Crippen LogP contribution in [0.15, 0.2) is 66.7 Å². The van der Waals surface area contributed by atoms with Crippen LogP contribution in [-0.2, 0) is 6.54 Å². The fourth-order valence-corrected chi connectivity index (χ4v) is 3.81. The zero-order valence-corrected chi connectivity index (χ0v) is 18.2. The fourth-order valence-electron chi connectivity index (χ4n) is 3.70. The first kappa shape index (κ1) is 22.5. The predicted molar refractivity (Wildman–Crippen MR) is 122 cm³/mol. The van der Waals surface area contributed by atoms with Crippen LogP contribution >= 0.6 is 11.6 Å². The molecule has 2 N–H and O–H groups in total. The average Bonchev–Trinajstić information content (AvgIpc) is 3.14. The molecule has 0 saturated carbocycles. The van der Waals surface area contributed by atoms with Crippen LogP contribution in [0.5, 0.6) is 0 Å². The van der Waals surface area contributed by atoms with Gasteiger partial charge >= 0.3 is 5.97 Å². The molecule has 0 aliphatic carbocycles. The van der Waals surface area contributed by atoms with Gasteiger partial charge in [0.15, 0.2) is 0 Å². The maximum Gasteiger partial charge on any atom is 0.352 e. The number of benzene rings is 3. The highest BCUT2D eigenvalue weighted by Crippen LogP contribution is 2.25. The van der Waals surface area contributed by atoms with Gasteiger partial charge in [0, 0.05) is 23.0 Å². The van der Waals surface area contributed by atoms with Gasteiger partial charge in [0.2, 0.25) is 0 Å². The molecule has 0 aliphatic heterocycles. The molecule has 1 heterocycles. The van der Waals surface area contributed by atoms with E-state index in [-0.39, 0.29) is 35.0 Å². The van der Waals surface area contributed by atoms with Crippen LogP contribution in [0.1, 0.15) is 44.9 Å². The SMILES string of the molecule is C[C@@H](NC(=O)c1ccc2c(c1)cc(C(=O)O)n2Cc1ccc(Cl)c(F)c1)c1ccc(F)cc1. The number of carbonyl (C=O) groups excluding carboxylic acids is 1. The van der Waals surface area contributed by atoms with Crippen molar-refractivity contribution < 1.29 is 23.5 Å². The Hall–Kier alpha value is -3.71. The van der Waals surface area contributed by atoms with E-state index >= 15 is 0 Å². The lowest BCUT2D eigenvalue weighted by Crippen LogP contribution is -2.26. The van der Waals surface area contributed by atoms with Gasteiger partial charge in [0.25, 0.3) is 5.91 Å². The number of nitrogens with zero attached hydrogens (tertiary/aromatic N) is 1. The van der Waals surface area contributed by atoms with Gasteiger partial charge in [0.05, 0.1) is 11.1 Å². The van der Waals surface area contributed by atoms with Gasteiger partial charge in [-0.15, -0.1) is 0 Å². The first-order valence-electron chi connectivity index (χ1n) is 10.1. The van der Waals surface area contributed by atoms with Crippen LogP contribution in [0.25, 0.3) is 10.9 Å². The lowest BCUT2D eigenvalue weighted by molar-refractivity contribution is 0.0686. The molecule has 3 aromatic carbocycles. The van der Waals surface area contributed by atoms with Crippen molar-refractivity contribution in [2.24, 2.45) is 0 Å². The number of amides is 1. The normalized spacial score (nSPS) is 12.0. The first-order chi connectivity index (χ1) is 15.7. The molecule has 0 aliphatic rings. The topological polar surface area (TPSA) is 71.3 Å². The summed E-state index contributed by atoms with van der Waals surface area (Å²) in [6, 6.07) is 16.1. The maximum atomic E-state index is 13.8. The summed E-state index contributed by atoms with van der Waals surface area (Å²) < 4.78 is 28.5. The molecule has 0 spiro atoms. The molecule has 4 rings (SSSR count). The van der Waals surface area contributed by atoms with Gasteiger partial charge in [-0.2, -0.15) is 0 Å².